The Morgan fingerprint density at radius 1 is 0.966 bits per heavy atom. The molecule has 0 unspecified atom stereocenters. The van der Waals surface area contributed by atoms with Gasteiger partial charge in [0.25, 0.3) is 0 Å². The summed E-state index contributed by atoms with van der Waals surface area (Å²) in [5.41, 5.74) is 0.786. The van der Waals surface area contributed by atoms with Gasteiger partial charge in [0, 0.05) is 6.08 Å². The highest BCUT2D eigenvalue weighted by Crippen LogP contribution is 2.28. The van der Waals surface area contributed by atoms with Crippen LogP contribution in [0.3, 0.4) is 0 Å². The number of amides is 1. The second-order valence-electron chi connectivity index (χ2n) is 5.87. The fourth-order valence-corrected chi connectivity index (χ4v) is 2.45. The lowest BCUT2D eigenvalue weighted by molar-refractivity contribution is -0.111. The Morgan fingerprint density at radius 3 is 2.34 bits per heavy atom. The van der Waals surface area contributed by atoms with Gasteiger partial charge >= 0.3 is 0 Å². The van der Waals surface area contributed by atoms with Crippen molar-refractivity contribution in [1.29, 1.82) is 0 Å². The van der Waals surface area contributed by atoms with Crippen LogP contribution in [0.4, 0.5) is 10.2 Å². The molecule has 6 nitrogen and oxygen atoms in total. The van der Waals surface area contributed by atoms with Gasteiger partial charge in [0.05, 0.1) is 20.4 Å². The van der Waals surface area contributed by atoms with E-state index in [0.717, 1.165) is 5.56 Å². The quantitative estimate of drug-likeness (QED) is 0.589. The number of ether oxygens (including phenoxy) is 3. The van der Waals surface area contributed by atoms with E-state index in [-0.39, 0.29) is 11.7 Å². The number of hydrogen-bond donors (Lipinski definition) is 1. The number of hydrogen-bond acceptors (Lipinski definition) is 5. The predicted molar refractivity (Wildman–Crippen MR) is 108 cm³/mol. The van der Waals surface area contributed by atoms with Gasteiger partial charge in [-0.2, -0.15) is 0 Å². The molecule has 3 rings (SSSR count). The maximum Gasteiger partial charge on any atom is 0.249 e. The zero-order chi connectivity index (χ0) is 20.6. The van der Waals surface area contributed by atoms with Crippen LogP contribution in [0.2, 0.25) is 0 Å². The number of carbonyl (C=O) groups is 1. The second kappa shape index (κ2) is 9.36. The van der Waals surface area contributed by atoms with Gasteiger partial charge in [0.15, 0.2) is 11.5 Å². The number of rotatable bonds is 7. The van der Waals surface area contributed by atoms with Crippen LogP contribution in [-0.2, 0) is 4.79 Å². The molecule has 1 aromatic heterocycles. The number of nitrogens with zero attached hydrogens (tertiary/aromatic N) is 1. The number of pyridine rings is 1. The average molecular weight is 394 g/mol. The van der Waals surface area contributed by atoms with E-state index in [4.69, 9.17) is 14.2 Å². The van der Waals surface area contributed by atoms with Gasteiger partial charge in [-0.15, -0.1) is 0 Å². The summed E-state index contributed by atoms with van der Waals surface area (Å²) in [4.78, 5) is 16.2. The summed E-state index contributed by atoms with van der Waals surface area (Å²) in [6, 6.07) is 14.3. The molecule has 0 fully saturated rings. The van der Waals surface area contributed by atoms with Crippen molar-refractivity contribution in [3.05, 3.63) is 78.3 Å². The van der Waals surface area contributed by atoms with E-state index >= 15 is 0 Å². The van der Waals surface area contributed by atoms with E-state index in [1.807, 2.05) is 6.07 Å². The minimum Gasteiger partial charge on any atom is -0.493 e. The van der Waals surface area contributed by atoms with Gasteiger partial charge in [-0.05, 0) is 60.2 Å². The second-order valence-corrected chi connectivity index (χ2v) is 5.87. The van der Waals surface area contributed by atoms with Gasteiger partial charge in [-0.3, -0.25) is 4.79 Å². The number of aromatic nitrogens is 1. The predicted octanol–water partition coefficient (Wildman–Crippen LogP) is 4.68. The molecule has 0 bridgehead atoms. The maximum absolute atomic E-state index is 12.9. The van der Waals surface area contributed by atoms with E-state index in [1.54, 1.807) is 44.6 Å². The average Bonchev–Trinajstić information content (AvgIpc) is 2.75. The summed E-state index contributed by atoms with van der Waals surface area (Å²) >= 11 is 0. The molecule has 0 radical (unpaired) electrons. The van der Waals surface area contributed by atoms with Crippen LogP contribution in [0.5, 0.6) is 23.0 Å². The normalized spacial score (nSPS) is 10.6. The number of methoxy groups -OCH3 is 2. The van der Waals surface area contributed by atoms with E-state index in [9.17, 15) is 9.18 Å². The number of carbonyl (C=O) groups excluding carboxylic acids is 1. The molecule has 2 aromatic carbocycles. The van der Waals surface area contributed by atoms with Crippen LogP contribution in [0.1, 0.15) is 5.56 Å². The van der Waals surface area contributed by atoms with Crippen molar-refractivity contribution in [3.63, 3.8) is 0 Å². The third-order valence-corrected chi connectivity index (χ3v) is 3.87. The third-order valence-electron chi connectivity index (χ3n) is 3.87. The first-order valence-corrected chi connectivity index (χ1v) is 8.68. The van der Waals surface area contributed by atoms with Crippen molar-refractivity contribution in [1.82, 2.24) is 4.98 Å². The number of nitrogens with one attached hydrogen (secondary N) is 1. The van der Waals surface area contributed by atoms with Crippen molar-refractivity contribution in [2.45, 2.75) is 0 Å². The largest absolute Gasteiger partial charge is 0.493 e. The van der Waals surface area contributed by atoms with Crippen molar-refractivity contribution in [2.75, 3.05) is 19.5 Å². The molecule has 0 spiro atoms. The molecule has 1 amide bonds. The number of benzene rings is 2. The SMILES string of the molecule is COc1ccc(/C=C/C(=O)Nc2ccc(Oc3ccc(F)cc3)cn2)cc1OC. The molecule has 148 valence electrons. The summed E-state index contributed by atoms with van der Waals surface area (Å²) < 4.78 is 28.9. The smallest absolute Gasteiger partial charge is 0.249 e. The zero-order valence-corrected chi connectivity index (χ0v) is 15.9. The Kier molecular flexibility index (Phi) is 6.42. The molecular weight excluding hydrogens is 375 g/mol. The van der Waals surface area contributed by atoms with Gasteiger partial charge in [-0.1, -0.05) is 6.07 Å². The third kappa shape index (κ3) is 5.55. The minimum absolute atomic E-state index is 0.334. The standard InChI is InChI=1S/C22H19FN2O4/c1-27-19-10-3-15(13-20(19)28-2)4-12-22(26)25-21-11-9-18(14-24-21)29-17-7-5-16(23)6-8-17/h3-14H,1-2H3,(H,24,25,26)/b12-4+. The minimum atomic E-state index is -0.338. The zero-order valence-electron chi connectivity index (χ0n) is 15.9. The van der Waals surface area contributed by atoms with Gasteiger partial charge in [-0.25, -0.2) is 9.37 Å². The highest BCUT2D eigenvalue weighted by Gasteiger charge is 2.04. The lowest BCUT2D eigenvalue weighted by Crippen LogP contribution is -2.08. The monoisotopic (exact) mass is 394 g/mol. The lowest BCUT2D eigenvalue weighted by Gasteiger charge is -2.08. The highest BCUT2D eigenvalue weighted by molar-refractivity contribution is 6.01. The summed E-state index contributed by atoms with van der Waals surface area (Å²) in [7, 11) is 3.11. The summed E-state index contributed by atoms with van der Waals surface area (Å²) in [6.07, 6.45) is 4.52. The van der Waals surface area contributed by atoms with Gasteiger partial charge < -0.3 is 19.5 Å². The van der Waals surface area contributed by atoms with Crippen molar-refractivity contribution in [3.8, 4) is 23.0 Å². The molecule has 0 aliphatic heterocycles. The molecule has 7 heteroatoms. The van der Waals surface area contributed by atoms with Crippen LogP contribution in [0, 0.1) is 5.82 Å². The van der Waals surface area contributed by atoms with Crippen LogP contribution in [-0.4, -0.2) is 25.1 Å². The topological polar surface area (TPSA) is 69.7 Å². The molecule has 0 aliphatic carbocycles. The van der Waals surface area contributed by atoms with Gasteiger partial charge in [0.2, 0.25) is 5.91 Å². The fourth-order valence-electron chi connectivity index (χ4n) is 2.45. The molecular formula is C22H19FN2O4. The fraction of sp³-hybridized carbons (Fsp3) is 0.0909. The molecule has 0 saturated carbocycles. The Balaban J connectivity index is 1.59. The highest BCUT2D eigenvalue weighted by atomic mass is 19.1. The van der Waals surface area contributed by atoms with E-state index < -0.39 is 0 Å². The Labute approximate surface area is 167 Å². The molecule has 29 heavy (non-hydrogen) atoms. The van der Waals surface area contributed by atoms with Crippen molar-refractivity contribution < 1.29 is 23.4 Å². The van der Waals surface area contributed by atoms with E-state index in [0.29, 0.717) is 28.8 Å². The first-order valence-electron chi connectivity index (χ1n) is 8.68. The van der Waals surface area contributed by atoms with Crippen LogP contribution < -0.4 is 19.5 Å². The first-order chi connectivity index (χ1) is 14.1. The van der Waals surface area contributed by atoms with E-state index in [2.05, 4.69) is 10.3 Å². The lowest BCUT2D eigenvalue weighted by atomic mass is 10.2. The van der Waals surface area contributed by atoms with Crippen LogP contribution in [0.15, 0.2) is 66.9 Å². The van der Waals surface area contributed by atoms with Gasteiger partial charge in [0.1, 0.15) is 23.1 Å². The van der Waals surface area contributed by atoms with Crippen molar-refractivity contribution >= 4 is 17.8 Å². The molecule has 0 saturated heterocycles. The summed E-state index contributed by atoms with van der Waals surface area (Å²) in [6.45, 7) is 0. The van der Waals surface area contributed by atoms with Crippen LogP contribution >= 0.6 is 0 Å². The Bertz CT molecular complexity index is 1000. The maximum atomic E-state index is 12.9. The Morgan fingerprint density at radius 2 is 1.69 bits per heavy atom. The summed E-state index contributed by atoms with van der Waals surface area (Å²) in [5.74, 6) is 1.85. The first kappa shape index (κ1) is 19.9. The number of halogens is 1. The molecule has 1 heterocycles. The van der Waals surface area contributed by atoms with E-state index in [1.165, 1.54) is 36.5 Å². The van der Waals surface area contributed by atoms with Crippen LogP contribution in [0.25, 0.3) is 6.08 Å². The molecule has 1 N–H and O–H groups in total. The Hall–Kier alpha value is -3.87. The molecule has 0 atom stereocenters. The summed E-state index contributed by atoms with van der Waals surface area (Å²) in [5, 5.41) is 2.66. The number of anilines is 1. The van der Waals surface area contributed by atoms with Crippen molar-refractivity contribution in [2.24, 2.45) is 0 Å². The molecule has 3 aromatic rings. The molecule has 0 aliphatic rings.